The van der Waals surface area contributed by atoms with Crippen molar-refractivity contribution < 1.29 is 19.4 Å². The molecule has 3 aromatic heterocycles. The first-order valence-electron chi connectivity index (χ1n) is 13.4. The second-order valence-electron chi connectivity index (χ2n) is 11.3. The molecular formula is C33H31N3O4. The molecule has 0 fully saturated rings. The Balaban J connectivity index is 1.70. The lowest BCUT2D eigenvalue weighted by atomic mass is 9.86. The van der Waals surface area contributed by atoms with Crippen LogP contribution in [-0.2, 0) is 16.0 Å². The molecule has 7 nitrogen and oxygen atoms in total. The van der Waals surface area contributed by atoms with Crippen LogP contribution >= 0.6 is 0 Å². The number of aliphatic carboxylic acids is 1. The van der Waals surface area contributed by atoms with Gasteiger partial charge in [0.2, 0.25) is 0 Å². The number of rotatable bonds is 5. The Labute approximate surface area is 232 Å². The van der Waals surface area contributed by atoms with E-state index in [1.54, 1.807) is 6.20 Å². The lowest BCUT2D eigenvalue weighted by Crippen LogP contribution is -2.28. The third kappa shape index (κ3) is 4.46. The summed E-state index contributed by atoms with van der Waals surface area (Å²) in [5.74, 6) is -0.260. The Morgan fingerprint density at radius 3 is 2.60 bits per heavy atom. The fraction of sp³-hybridized carbons (Fsp3) is 0.273. The highest BCUT2D eigenvalue weighted by molar-refractivity contribution is 6.08. The normalized spacial score (nSPS) is 13.8. The van der Waals surface area contributed by atoms with Crippen molar-refractivity contribution in [3.05, 3.63) is 83.2 Å². The number of pyridine rings is 3. The van der Waals surface area contributed by atoms with Crippen LogP contribution < -0.4 is 4.74 Å². The third-order valence-electron chi connectivity index (χ3n) is 7.29. The van der Waals surface area contributed by atoms with Gasteiger partial charge in [-0.2, -0.15) is 0 Å². The van der Waals surface area contributed by atoms with Gasteiger partial charge in [-0.3, -0.25) is 9.97 Å². The summed E-state index contributed by atoms with van der Waals surface area (Å²) < 4.78 is 12.2. The third-order valence-corrected chi connectivity index (χ3v) is 7.29. The molecule has 1 aliphatic heterocycles. The molecule has 40 heavy (non-hydrogen) atoms. The first-order chi connectivity index (χ1) is 19.1. The number of hydrogen-bond donors (Lipinski definition) is 1. The minimum atomic E-state index is -1.20. The zero-order chi connectivity index (χ0) is 28.2. The van der Waals surface area contributed by atoms with Crippen LogP contribution in [0.25, 0.3) is 44.3 Å². The van der Waals surface area contributed by atoms with Crippen LogP contribution in [0.4, 0.5) is 0 Å². The Bertz CT molecular complexity index is 1800. The van der Waals surface area contributed by atoms with Crippen molar-refractivity contribution in [3.63, 3.8) is 0 Å². The number of hydrogen-bond acceptors (Lipinski definition) is 6. The number of carboxylic acids is 1. The van der Waals surface area contributed by atoms with Crippen molar-refractivity contribution in [1.82, 2.24) is 15.0 Å². The van der Waals surface area contributed by atoms with E-state index in [1.165, 1.54) is 5.56 Å². The van der Waals surface area contributed by atoms with Gasteiger partial charge in [-0.1, -0.05) is 6.07 Å². The number of aryl methyl sites for hydroxylation is 2. The van der Waals surface area contributed by atoms with Crippen LogP contribution in [-0.4, -0.2) is 38.2 Å². The maximum absolute atomic E-state index is 12.8. The number of carboxylic acid groups (broad SMARTS) is 1. The van der Waals surface area contributed by atoms with Crippen LogP contribution in [0, 0.1) is 13.8 Å². The number of aromatic nitrogens is 3. The summed E-state index contributed by atoms with van der Waals surface area (Å²) in [7, 11) is 0. The van der Waals surface area contributed by atoms with Crippen LogP contribution in [0.2, 0.25) is 0 Å². The molecular weight excluding hydrogens is 502 g/mol. The van der Waals surface area contributed by atoms with E-state index in [2.05, 4.69) is 4.98 Å². The molecule has 5 aromatic rings. The molecule has 1 aliphatic rings. The van der Waals surface area contributed by atoms with E-state index in [-0.39, 0.29) is 0 Å². The van der Waals surface area contributed by atoms with Crippen molar-refractivity contribution >= 4 is 27.8 Å². The fourth-order valence-corrected chi connectivity index (χ4v) is 5.63. The van der Waals surface area contributed by atoms with Gasteiger partial charge in [0.15, 0.2) is 6.10 Å². The van der Waals surface area contributed by atoms with E-state index in [0.717, 1.165) is 67.6 Å². The van der Waals surface area contributed by atoms with Crippen LogP contribution in [0.1, 0.15) is 49.1 Å². The zero-order valence-corrected chi connectivity index (χ0v) is 23.3. The molecule has 1 N–H and O–H groups in total. The van der Waals surface area contributed by atoms with Gasteiger partial charge in [0.05, 0.1) is 34.6 Å². The van der Waals surface area contributed by atoms with Gasteiger partial charge >= 0.3 is 5.97 Å². The SMILES string of the molecule is Cc1cccnc1-c1ccc2c(-c3ccc4c5c(ccnc35)CCO4)c(C(OC(C)(C)C)C(=O)O)c(C)cc2n1. The van der Waals surface area contributed by atoms with E-state index in [0.29, 0.717) is 12.2 Å². The van der Waals surface area contributed by atoms with E-state index in [4.69, 9.17) is 19.4 Å². The predicted octanol–water partition coefficient (Wildman–Crippen LogP) is 7.00. The number of nitrogens with zero attached hydrogens (tertiary/aromatic N) is 3. The highest BCUT2D eigenvalue weighted by atomic mass is 16.5. The maximum atomic E-state index is 12.8. The van der Waals surface area contributed by atoms with Crippen LogP contribution in [0.15, 0.2) is 60.9 Å². The van der Waals surface area contributed by atoms with Gasteiger partial charge in [0.25, 0.3) is 0 Å². The zero-order valence-electron chi connectivity index (χ0n) is 23.3. The first kappa shape index (κ1) is 25.9. The highest BCUT2D eigenvalue weighted by Crippen LogP contribution is 2.45. The predicted molar refractivity (Wildman–Crippen MR) is 156 cm³/mol. The summed E-state index contributed by atoms with van der Waals surface area (Å²) in [6, 6.07) is 15.8. The minimum absolute atomic E-state index is 0.595. The van der Waals surface area contributed by atoms with Crippen molar-refractivity contribution in [3.8, 4) is 28.3 Å². The molecule has 0 amide bonds. The van der Waals surface area contributed by atoms with Crippen molar-refractivity contribution in [1.29, 1.82) is 0 Å². The molecule has 0 saturated carbocycles. The second-order valence-corrected chi connectivity index (χ2v) is 11.3. The van der Waals surface area contributed by atoms with E-state index >= 15 is 0 Å². The Hall–Kier alpha value is -4.36. The van der Waals surface area contributed by atoms with E-state index in [9.17, 15) is 9.90 Å². The molecule has 1 unspecified atom stereocenters. The standard InChI is InChI=1S/C33H31N3O4/c1-18-7-6-14-34-29(18)23-10-8-21-24(36-23)17-19(2)26(31(32(37)38)40-33(3,4)5)28(21)22-9-11-25-27-20(13-16-39-25)12-15-35-30(22)27/h6-12,14-15,17,31H,13,16H2,1-5H3,(H,37,38). The number of benzene rings is 2. The highest BCUT2D eigenvalue weighted by Gasteiger charge is 2.33. The monoisotopic (exact) mass is 533 g/mol. The second kappa shape index (κ2) is 9.68. The average molecular weight is 534 g/mol. The number of fused-ring (bicyclic) bond motifs is 1. The number of ether oxygens (including phenoxy) is 2. The van der Waals surface area contributed by atoms with Gasteiger partial charge in [-0.15, -0.1) is 0 Å². The molecule has 0 saturated heterocycles. The van der Waals surface area contributed by atoms with Crippen LogP contribution in [0.5, 0.6) is 5.75 Å². The molecule has 6 rings (SSSR count). The smallest absolute Gasteiger partial charge is 0.337 e. The average Bonchev–Trinajstić information content (AvgIpc) is 2.91. The molecule has 0 aliphatic carbocycles. The summed E-state index contributed by atoms with van der Waals surface area (Å²) in [6.45, 7) is 10.1. The minimum Gasteiger partial charge on any atom is -0.493 e. The van der Waals surface area contributed by atoms with Gasteiger partial charge < -0.3 is 14.6 Å². The lowest BCUT2D eigenvalue weighted by Gasteiger charge is -2.29. The van der Waals surface area contributed by atoms with Crippen molar-refractivity contribution in [2.75, 3.05) is 6.61 Å². The molecule has 0 radical (unpaired) electrons. The maximum Gasteiger partial charge on any atom is 0.337 e. The topological polar surface area (TPSA) is 94.4 Å². The quantitative estimate of drug-likeness (QED) is 0.260. The van der Waals surface area contributed by atoms with Crippen LogP contribution in [0.3, 0.4) is 0 Å². The summed E-state index contributed by atoms with van der Waals surface area (Å²) >= 11 is 0. The molecule has 2 aromatic carbocycles. The fourth-order valence-electron chi connectivity index (χ4n) is 5.63. The Morgan fingerprint density at radius 2 is 1.85 bits per heavy atom. The molecule has 7 heteroatoms. The van der Waals surface area contributed by atoms with Gasteiger partial charge in [-0.05, 0) is 99.3 Å². The number of carbonyl (C=O) groups is 1. The Kier molecular flexibility index (Phi) is 6.27. The van der Waals surface area contributed by atoms with Crippen molar-refractivity contribution in [2.24, 2.45) is 0 Å². The molecule has 1 atom stereocenters. The van der Waals surface area contributed by atoms with Gasteiger partial charge in [0, 0.05) is 40.7 Å². The van der Waals surface area contributed by atoms with E-state index < -0.39 is 17.7 Å². The Morgan fingerprint density at radius 1 is 1.02 bits per heavy atom. The first-order valence-corrected chi connectivity index (χ1v) is 13.4. The lowest BCUT2D eigenvalue weighted by molar-refractivity contribution is -0.160. The summed E-state index contributed by atoms with van der Waals surface area (Å²) in [5.41, 5.74) is 7.54. The molecule has 202 valence electrons. The molecule has 4 heterocycles. The molecule has 0 spiro atoms. The largest absolute Gasteiger partial charge is 0.493 e. The summed E-state index contributed by atoms with van der Waals surface area (Å²) in [6.07, 6.45) is 3.17. The van der Waals surface area contributed by atoms with Gasteiger partial charge in [0.1, 0.15) is 5.75 Å². The van der Waals surface area contributed by atoms with Gasteiger partial charge in [-0.25, -0.2) is 9.78 Å². The summed E-state index contributed by atoms with van der Waals surface area (Å²) in [5, 5.41) is 12.2. The molecule has 0 bridgehead atoms. The summed E-state index contributed by atoms with van der Waals surface area (Å²) in [4.78, 5) is 27.1. The van der Waals surface area contributed by atoms with E-state index in [1.807, 2.05) is 89.3 Å². The van der Waals surface area contributed by atoms with Crippen molar-refractivity contribution in [2.45, 2.75) is 52.7 Å².